The first-order valence-electron chi connectivity index (χ1n) is 9.66. The van der Waals surface area contributed by atoms with Gasteiger partial charge in [0, 0.05) is 23.6 Å². The topological polar surface area (TPSA) is 41.9 Å². The van der Waals surface area contributed by atoms with Crippen LogP contribution in [0.5, 0.6) is 0 Å². The van der Waals surface area contributed by atoms with Crippen LogP contribution in [0.25, 0.3) is 0 Å². The van der Waals surface area contributed by atoms with Crippen LogP contribution in [-0.2, 0) is 11.4 Å². The number of carbonyl (C=O) groups is 1. The largest absolute Gasteiger partial charge is 0.390 e. The zero-order valence-electron chi connectivity index (χ0n) is 16.2. The molecule has 0 aromatic heterocycles. The Hall–Kier alpha value is -3.18. The van der Waals surface area contributed by atoms with Gasteiger partial charge in [0.25, 0.3) is 5.91 Å². The third-order valence-corrected chi connectivity index (χ3v) is 5.12. The van der Waals surface area contributed by atoms with E-state index in [0.29, 0.717) is 30.1 Å². The van der Waals surface area contributed by atoms with Gasteiger partial charge in [-0.05, 0) is 41.5 Å². The lowest BCUT2D eigenvalue weighted by molar-refractivity contribution is 0.0405. The Labute approximate surface area is 179 Å². The molecule has 0 bridgehead atoms. The van der Waals surface area contributed by atoms with E-state index < -0.39 is 5.82 Å². The van der Waals surface area contributed by atoms with Gasteiger partial charge in [-0.15, -0.1) is 0 Å². The van der Waals surface area contributed by atoms with Crippen LogP contribution < -0.4 is 0 Å². The van der Waals surface area contributed by atoms with Crippen molar-refractivity contribution in [1.82, 2.24) is 4.90 Å². The van der Waals surface area contributed by atoms with Crippen molar-refractivity contribution >= 4 is 23.2 Å². The number of rotatable bonds is 6. The molecule has 4 nitrogen and oxygen atoms in total. The summed E-state index contributed by atoms with van der Waals surface area (Å²) in [7, 11) is 0. The fourth-order valence-corrected chi connectivity index (χ4v) is 3.67. The quantitative estimate of drug-likeness (QED) is 0.540. The second-order valence-corrected chi connectivity index (χ2v) is 7.60. The number of hydrogen-bond donors (Lipinski definition) is 0. The SMILES string of the molecule is O=C(c1cccc(F)c1)N(Cc1cccc(Cl)c1)C[C@@H]1CC(c2ccccc2)=NO1. The van der Waals surface area contributed by atoms with Gasteiger partial charge in [-0.2, -0.15) is 0 Å². The number of carbonyl (C=O) groups excluding carboxylic acids is 1. The first kappa shape index (κ1) is 20.1. The summed E-state index contributed by atoms with van der Waals surface area (Å²) in [6, 6.07) is 22.8. The number of halogens is 2. The average Bonchev–Trinajstić information content (AvgIpc) is 3.22. The van der Waals surface area contributed by atoms with Crippen LogP contribution in [0.3, 0.4) is 0 Å². The van der Waals surface area contributed by atoms with Crippen LogP contribution in [0.1, 0.15) is 27.9 Å². The zero-order chi connectivity index (χ0) is 20.9. The molecule has 0 unspecified atom stereocenters. The van der Waals surface area contributed by atoms with Crippen molar-refractivity contribution in [2.24, 2.45) is 5.16 Å². The van der Waals surface area contributed by atoms with Crippen molar-refractivity contribution < 1.29 is 14.0 Å². The van der Waals surface area contributed by atoms with Crippen molar-refractivity contribution in [2.75, 3.05) is 6.54 Å². The minimum atomic E-state index is -0.449. The van der Waals surface area contributed by atoms with Gasteiger partial charge in [-0.3, -0.25) is 4.79 Å². The van der Waals surface area contributed by atoms with Crippen LogP contribution in [-0.4, -0.2) is 29.2 Å². The van der Waals surface area contributed by atoms with E-state index >= 15 is 0 Å². The highest BCUT2D eigenvalue weighted by molar-refractivity contribution is 6.30. The van der Waals surface area contributed by atoms with Gasteiger partial charge in [0.2, 0.25) is 0 Å². The zero-order valence-corrected chi connectivity index (χ0v) is 16.9. The standard InChI is InChI=1S/C24H20ClFN2O2/c25-20-10-4-6-17(12-20)15-28(24(29)19-9-5-11-21(26)13-19)16-22-14-23(27-30-22)18-7-2-1-3-8-18/h1-13,22H,14-16H2/t22-/m0/s1. The van der Waals surface area contributed by atoms with Gasteiger partial charge in [-0.1, -0.05) is 65.3 Å². The predicted octanol–water partition coefficient (Wildman–Crippen LogP) is 5.31. The van der Waals surface area contributed by atoms with Crippen LogP contribution >= 0.6 is 11.6 Å². The molecule has 0 fully saturated rings. The third-order valence-electron chi connectivity index (χ3n) is 4.89. The lowest BCUT2D eigenvalue weighted by Crippen LogP contribution is -2.37. The van der Waals surface area contributed by atoms with E-state index in [9.17, 15) is 9.18 Å². The molecule has 0 saturated carbocycles. The maximum absolute atomic E-state index is 13.7. The smallest absolute Gasteiger partial charge is 0.254 e. The second kappa shape index (κ2) is 9.09. The second-order valence-electron chi connectivity index (χ2n) is 7.16. The average molecular weight is 423 g/mol. The Bertz CT molecular complexity index is 1070. The Morgan fingerprint density at radius 2 is 1.87 bits per heavy atom. The van der Waals surface area contributed by atoms with E-state index in [1.807, 2.05) is 48.5 Å². The summed E-state index contributed by atoms with van der Waals surface area (Å²) >= 11 is 6.11. The molecule has 152 valence electrons. The fraction of sp³-hybridized carbons (Fsp3) is 0.167. The van der Waals surface area contributed by atoms with E-state index in [0.717, 1.165) is 16.8 Å². The summed E-state index contributed by atoms with van der Waals surface area (Å²) in [4.78, 5) is 20.4. The molecule has 3 aromatic rings. The van der Waals surface area contributed by atoms with Crippen LogP contribution in [0.15, 0.2) is 84.0 Å². The Morgan fingerprint density at radius 1 is 1.07 bits per heavy atom. The molecular formula is C24H20ClFN2O2. The number of nitrogens with zero attached hydrogens (tertiary/aromatic N) is 2. The molecule has 1 amide bonds. The highest BCUT2D eigenvalue weighted by atomic mass is 35.5. The van der Waals surface area contributed by atoms with E-state index in [1.54, 1.807) is 17.0 Å². The molecule has 0 spiro atoms. The Morgan fingerprint density at radius 3 is 2.63 bits per heavy atom. The fourth-order valence-electron chi connectivity index (χ4n) is 3.45. The summed E-state index contributed by atoms with van der Waals surface area (Å²) in [6.45, 7) is 0.651. The first-order valence-corrected chi connectivity index (χ1v) is 10.0. The van der Waals surface area contributed by atoms with E-state index in [2.05, 4.69) is 5.16 Å². The summed E-state index contributed by atoms with van der Waals surface area (Å²) in [5.74, 6) is -0.721. The molecule has 6 heteroatoms. The van der Waals surface area contributed by atoms with Crippen molar-refractivity contribution in [3.63, 3.8) is 0 Å². The van der Waals surface area contributed by atoms with E-state index in [-0.39, 0.29) is 12.0 Å². The highest BCUT2D eigenvalue weighted by Crippen LogP contribution is 2.21. The van der Waals surface area contributed by atoms with Crippen molar-refractivity contribution in [3.05, 3.63) is 106 Å². The molecule has 0 N–H and O–H groups in total. The normalized spacial score (nSPS) is 15.4. The molecule has 0 aliphatic carbocycles. The van der Waals surface area contributed by atoms with Gasteiger partial charge in [0.05, 0.1) is 12.3 Å². The molecule has 30 heavy (non-hydrogen) atoms. The van der Waals surface area contributed by atoms with Crippen molar-refractivity contribution in [1.29, 1.82) is 0 Å². The monoisotopic (exact) mass is 422 g/mol. The molecule has 4 rings (SSSR count). The highest BCUT2D eigenvalue weighted by Gasteiger charge is 2.27. The lowest BCUT2D eigenvalue weighted by Gasteiger charge is -2.25. The van der Waals surface area contributed by atoms with E-state index in [4.69, 9.17) is 16.4 Å². The molecule has 1 aliphatic heterocycles. The third kappa shape index (κ3) is 4.86. The maximum atomic E-state index is 13.7. The number of amides is 1. The predicted molar refractivity (Wildman–Crippen MR) is 115 cm³/mol. The van der Waals surface area contributed by atoms with Gasteiger partial charge < -0.3 is 9.74 Å². The molecule has 3 aromatic carbocycles. The van der Waals surface area contributed by atoms with Gasteiger partial charge >= 0.3 is 0 Å². The molecule has 1 atom stereocenters. The van der Waals surface area contributed by atoms with Crippen LogP contribution in [0.4, 0.5) is 4.39 Å². The Balaban J connectivity index is 1.52. The molecule has 1 aliphatic rings. The molecule has 1 heterocycles. The molecular weight excluding hydrogens is 403 g/mol. The summed E-state index contributed by atoms with van der Waals surface area (Å²) in [6.07, 6.45) is 0.309. The maximum Gasteiger partial charge on any atom is 0.254 e. The molecule has 0 radical (unpaired) electrons. The lowest BCUT2D eigenvalue weighted by atomic mass is 10.0. The summed E-state index contributed by atoms with van der Waals surface area (Å²) < 4.78 is 13.7. The molecule has 0 saturated heterocycles. The van der Waals surface area contributed by atoms with E-state index in [1.165, 1.54) is 18.2 Å². The first-order chi connectivity index (χ1) is 14.6. The Kier molecular flexibility index (Phi) is 6.10. The van der Waals surface area contributed by atoms with Crippen LogP contribution in [0.2, 0.25) is 5.02 Å². The number of benzene rings is 3. The number of hydrogen-bond acceptors (Lipinski definition) is 3. The minimum Gasteiger partial charge on any atom is -0.390 e. The minimum absolute atomic E-state index is 0.272. The summed E-state index contributed by atoms with van der Waals surface area (Å²) in [5, 5.41) is 4.80. The van der Waals surface area contributed by atoms with Crippen LogP contribution in [0, 0.1) is 5.82 Å². The summed E-state index contributed by atoms with van der Waals surface area (Å²) in [5.41, 5.74) is 3.02. The van der Waals surface area contributed by atoms with Gasteiger partial charge in [0.1, 0.15) is 5.82 Å². The van der Waals surface area contributed by atoms with Gasteiger partial charge in [0.15, 0.2) is 6.10 Å². The van der Waals surface area contributed by atoms with Gasteiger partial charge in [-0.25, -0.2) is 4.39 Å². The van der Waals surface area contributed by atoms with Crippen molar-refractivity contribution in [3.8, 4) is 0 Å². The number of oxime groups is 1. The van der Waals surface area contributed by atoms with Crippen molar-refractivity contribution in [2.45, 2.75) is 19.1 Å².